The summed E-state index contributed by atoms with van der Waals surface area (Å²) >= 11 is 0. The maximum atomic E-state index is 11.9. The summed E-state index contributed by atoms with van der Waals surface area (Å²) in [4.78, 5) is 0. The van der Waals surface area contributed by atoms with Crippen molar-refractivity contribution in [3.63, 3.8) is 0 Å². The van der Waals surface area contributed by atoms with Crippen molar-refractivity contribution in [2.45, 2.75) is 6.42 Å². The molecule has 0 saturated carbocycles. The average Bonchev–Trinajstić information content (AvgIpc) is 2.32. The molecule has 3 nitrogen and oxygen atoms in total. The van der Waals surface area contributed by atoms with E-state index < -0.39 is 16.0 Å². The van der Waals surface area contributed by atoms with E-state index in [1.807, 2.05) is 0 Å². The monoisotopic (exact) mass is 178 g/mol. The van der Waals surface area contributed by atoms with Gasteiger partial charge in [0, 0.05) is 6.42 Å². The first kappa shape index (κ1) is 8.26. The molecule has 0 fully saturated rings. The van der Waals surface area contributed by atoms with Crippen LogP contribution in [0.5, 0.6) is 0 Å². The molecule has 0 atom stereocenters. The molecule has 0 aliphatic carbocycles. The molecular weight excluding hydrogens is 171 g/mol. The molecule has 1 heterocycles. The quantitative estimate of drug-likeness (QED) is 0.651. The summed E-state index contributed by atoms with van der Waals surface area (Å²) < 4.78 is 36.7. The molecule has 62 valence electrons. The molecule has 0 spiro atoms. The van der Waals surface area contributed by atoms with E-state index >= 15 is 0 Å². The number of hydrogen-bond acceptors (Lipinski definition) is 3. The summed E-state index contributed by atoms with van der Waals surface area (Å²) in [6.07, 6.45) is 1.51. The molecule has 0 amide bonds. The Morgan fingerprint density at radius 1 is 1.55 bits per heavy atom. The number of halogens is 1. The van der Waals surface area contributed by atoms with E-state index in [9.17, 15) is 12.3 Å². The molecule has 0 N–H and O–H groups in total. The van der Waals surface area contributed by atoms with Crippen molar-refractivity contribution in [2.24, 2.45) is 0 Å². The zero-order chi connectivity index (χ0) is 8.32. The highest BCUT2D eigenvalue weighted by Gasteiger charge is 2.07. The SMILES string of the molecule is O=S(=O)(F)CCc1ccco1. The van der Waals surface area contributed by atoms with Crippen LogP contribution in [0.25, 0.3) is 0 Å². The minimum absolute atomic E-state index is 0.0891. The Kier molecular flexibility index (Phi) is 2.28. The van der Waals surface area contributed by atoms with Gasteiger partial charge in [0.15, 0.2) is 0 Å². The van der Waals surface area contributed by atoms with E-state index in [0.29, 0.717) is 5.76 Å². The van der Waals surface area contributed by atoms with Crippen LogP contribution in [0.1, 0.15) is 5.76 Å². The maximum absolute atomic E-state index is 11.9. The minimum Gasteiger partial charge on any atom is -0.469 e. The first-order chi connectivity index (χ1) is 5.08. The summed E-state index contributed by atoms with van der Waals surface area (Å²) in [5.41, 5.74) is 0. The highest BCUT2D eigenvalue weighted by Crippen LogP contribution is 2.03. The summed E-state index contributed by atoms with van der Waals surface area (Å²) in [6.45, 7) is 0. The fraction of sp³-hybridized carbons (Fsp3) is 0.333. The molecule has 1 aromatic heterocycles. The standard InChI is InChI=1S/C6H7FO3S/c7-11(8,9)5-3-6-2-1-4-10-6/h1-2,4H,3,5H2. The Bertz CT molecular complexity index is 301. The van der Waals surface area contributed by atoms with Gasteiger partial charge in [-0.25, -0.2) is 0 Å². The molecule has 1 rings (SSSR count). The topological polar surface area (TPSA) is 47.3 Å². The van der Waals surface area contributed by atoms with E-state index in [0.717, 1.165) is 0 Å². The average molecular weight is 178 g/mol. The van der Waals surface area contributed by atoms with Crippen molar-refractivity contribution in [1.82, 2.24) is 0 Å². The number of aryl methyl sites for hydroxylation is 1. The Morgan fingerprint density at radius 3 is 2.73 bits per heavy atom. The van der Waals surface area contributed by atoms with Gasteiger partial charge in [-0.15, -0.1) is 3.89 Å². The Morgan fingerprint density at radius 2 is 2.27 bits per heavy atom. The first-order valence-electron chi connectivity index (χ1n) is 3.03. The molecule has 5 heteroatoms. The predicted octanol–water partition coefficient (Wildman–Crippen LogP) is 1.12. The van der Waals surface area contributed by atoms with Crippen molar-refractivity contribution < 1.29 is 16.7 Å². The van der Waals surface area contributed by atoms with E-state index in [4.69, 9.17) is 4.42 Å². The van der Waals surface area contributed by atoms with Gasteiger partial charge < -0.3 is 4.42 Å². The number of rotatable bonds is 3. The van der Waals surface area contributed by atoms with E-state index in [2.05, 4.69) is 0 Å². The van der Waals surface area contributed by atoms with Crippen LogP contribution in [0, 0.1) is 0 Å². The molecule has 0 aromatic carbocycles. The lowest BCUT2D eigenvalue weighted by Gasteiger charge is -1.90. The van der Waals surface area contributed by atoms with Gasteiger partial charge in [0.1, 0.15) is 5.76 Å². The van der Waals surface area contributed by atoms with Crippen LogP contribution in [0.3, 0.4) is 0 Å². The molecular formula is C6H7FO3S. The van der Waals surface area contributed by atoms with Gasteiger partial charge in [-0.1, -0.05) is 0 Å². The zero-order valence-electron chi connectivity index (χ0n) is 5.66. The second-order valence-corrected chi connectivity index (χ2v) is 3.56. The smallest absolute Gasteiger partial charge is 0.302 e. The minimum atomic E-state index is -4.36. The van der Waals surface area contributed by atoms with Gasteiger partial charge in [-0.05, 0) is 12.1 Å². The van der Waals surface area contributed by atoms with Gasteiger partial charge in [-0.3, -0.25) is 0 Å². The van der Waals surface area contributed by atoms with E-state index in [1.165, 1.54) is 6.26 Å². The molecule has 0 bridgehead atoms. The third-order valence-corrected chi connectivity index (χ3v) is 1.86. The van der Waals surface area contributed by atoms with Crippen LogP contribution in [0.15, 0.2) is 22.8 Å². The summed E-state index contributed by atoms with van der Waals surface area (Å²) in [6, 6.07) is 3.23. The van der Waals surface area contributed by atoms with Crippen LogP contribution in [0.2, 0.25) is 0 Å². The summed E-state index contributed by atoms with van der Waals surface area (Å²) in [5, 5.41) is 0. The van der Waals surface area contributed by atoms with Crippen molar-refractivity contribution in [3.8, 4) is 0 Å². The summed E-state index contributed by atoms with van der Waals surface area (Å²) in [7, 11) is -4.36. The maximum Gasteiger partial charge on any atom is 0.302 e. The highest BCUT2D eigenvalue weighted by atomic mass is 32.3. The van der Waals surface area contributed by atoms with Gasteiger partial charge >= 0.3 is 10.2 Å². The predicted molar refractivity (Wildman–Crippen MR) is 37.3 cm³/mol. The fourth-order valence-electron chi connectivity index (χ4n) is 0.677. The lowest BCUT2D eigenvalue weighted by atomic mass is 10.4. The van der Waals surface area contributed by atoms with Crippen molar-refractivity contribution in [3.05, 3.63) is 24.2 Å². The van der Waals surface area contributed by atoms with Gasteiger partial charge in [0.2, 0.25) is 0 Å². The molecule has 0 aliphatic rings. The number of hydrogen-bond donors (Lipinski definition) is 0. The van der Waals surface area contributed by atoms with E-state index in [-0.39, 0.29) is 6.42 Å². The molecule has 1 aromatic rings. The fourth-order valence-corrected chi connectivity index (χ4v) is 1.12. The Hall–Kier alpha value is -0.840. The second-order valence-electron chi connectivity index (χ2n) is 2.07. The molecule has 11 heavy (non-hydrogen) atoms. The molecule has 0 saturated heterocycles. The lowest BCUT2D eigenvalue weighted by molar-refractivity contribution is 0.508. The largest absolute Gasteiger partial charge is 0.469 e. The van der Waals surface area contributed by atoms with Crippen LogP contribution in [0.4, 0.5) is 3.89 Å². The lowest BCUT2D eigenvalue weighted by Crippen LogP contribution is -2.00. The van der Waals surface area contributed by atoms with Crippen molar-refractivity contribution >= 4 is 10.2 Å². The van der Waals surface area contributed by atoms with E-state index in [1.54, 1.807) is 12.1 Å². The van der Waals surface area contributed by atoms with Crippen LogP contribution < -0.4 is 0 Å². The third kappa shape index (κ3) is 3.18. The van der Waals surface area contributed by atoms with Crippen LogP contribution in [-0.2, 0) is 16.6 Å². The summed E-state index contributed by atoms with van der Waals surface area (Å²) in [5.74, 6) is -0.0354. The Labute approximate surface area is 64.0 Å². The molecule has 0 aliphatic heterocycles. The van der Waals surface area contributed by atoms with Crippen molar-refractivity contribution in [2.75, 3.05) is 5.75 Å². The third-order valence-electron chi connectivity index (χ3n) is 1.17. The van der Waals surface area contributed by atoms with Crippen LogP contribution >= 0.6 is 0 Å². The van der Waals surface area contributed by atoms with Crippen LogP contribution in [-0.4, -0.2) is 14.2 Å². The molecule has 0 radical (unpaired) electrons. The normalized spacial score (nSPS) is 11.7. The van der Waals surface area contributed by atoms with Gasteiger partial charge in [-0.2, -0.15) is 8.42 Å². The second kappa shape index (κ2) is 3.04. The highest BCUT2D eigenvalue weighted by molar-refractivity contribution is 7.86. The van der Waals surface area contributed by atoms with Gasteiger partial charge in [0.05, 0.1) is 12.0 Å². The molecule has 0 unspecified atom stereocenters. The van der Waals surface area contributed by atoms with Gasteiger partial charge in [0.25, 0.3) is 0 Å². The number of furan rings is 1. The van der Waals surface area contributed by atoms with Crippen molar-refractivity contribution in [1.29, 1.82) is 0 Å². The zero-order valence-corrected chi connectivity index (χ0v) is 6.47. The Balaban J connectivity index is 2.48. The first-order valence-corrected chi connectivity index (χ1v) is 4.58.